The van der Waals surface area contributed by atoms with Gasteiger partial charge >= 0.3 is 18.0 Å². The molecule has 1 aliphatic rings. The smallest absolute Gasteiger partial charge is 0.408 e. The Labute approximate surface area is 241 Å². The first-order valence-electron chi connectivity index (χ1n) is 12.9. The van der Waals surface area contributed by atoms with Gasteiger partial charge in [0.15, 0.2) is 0 Å². The summed E-state index contributed by atoms with van der Waals surface area (Å²) in [5.41, 5.74) is 0.0396. The van der Waals surface area contributed by atoms with Gasteiger partial charge in [0.2, 0.25) is 14.9 Å². The molecule has 11 nitrogen and oxygen atoms in total. The topological polar surface area (TPSA) is 149 Å². The van der Waals surface area contributed by atoms with E-state index < -0.39 is 68.1 Å². The lowest BCUT2D eigenvalue weighted by molar-refractivity contribution is -0.141. The van der Waals surface area contributed by atoms with Crippen LogP contribution in [0.3, 0.4) is 0 Å². The maximum atomic E-state index is 13.8. The van der Waals surface area contributed by atoms with Crippen molar-refractivity contribution >= 4 is 44.7 Å². The summed E-state index contributed by atoms with van der Waals surface area (Å²) in [6.07, 6.45) is -0.917. The molecule has 2 rings (SSSR count). The van der Waals surface area contributed by atoms with Gasteiger partial charge in [-0.1, -0.05) is 20.8 Å². The van der Waals surface area contributed by atoms with Crippen LogP contribution < -0.4 is 15.4 Å². The highest BCUT2D eigenvalue weighted by Gasteiger charge is 2.37. The number of methoxy groups -OCH3 is 1. The highest BCUT2D eigenvalue weighted by molar-refractivity contribution is 7.99. The number of amides is 2. The Balaban J connectivity index is 2.74. The highest BCUT2D eigenvalue weighted by atomic mass is 32.2. The van der Waals surface area contributed by atoms with E-state index in [2.05, 4.69) is 10.6 Å². The Morgan fingerprint density at radius 2 is 1.80 bits per heavy atom. The second-order valence-corrected chi connectivity index (χ2v) is 14.8. The molecule has 223 valence electrons. The third kappa shape index (κ3) is 8.87. The lowest BCUT2D eigenvalue weighted by Crippen LogP contribution is -2.55. The first kappa shape index (κ1) is 33.4. The Morgan fingerprint density at radius 1 is 1.18 bits per heavy atom. The lowest BCUT2D eigenvalue weighted by Gasteiger charge is -2.33. The number of hydrogen-bond donors (Lipinski definition) is 3. The summed E-state index contributed by atoms with van der Waals surface area (Å²) < 4.78 is 22.8. The molecule has 0 bridgehead atoms. The van der Waals surface area contributed by atoms with Crippen molar-refractivity contribution in [2.45, 2.75) is 90.1 Å². The molecule has 1 aromatic carbocycles. The molecular formula is C27H41N2O9SSi. The first-order chi connectivity index (χ1) is 18.4. The second-order valence-electron chi connectivity index (χ2n) is 11.7. The summed E-state index contributed by atoms with van der Waals surface area (Å²) >= 11 is 1.17. The van der Waals surface area contributed by atoms with E-state index in [0.29, 0.717) is 16.9 Å². The molecule has 1 heterocycles. The minimum absolute atomic E-state index is 0.0663. The molecule has 0 aliphatic carbocycles. The summed E-state index contributed by atoms with van der Waals surface area (Å²) in [5.74, 6) is -2.42. The van der Waals surface area contributed by atoms with Crippen LogP contribution in [0.25, 0.3) is 0 Å². The van der Waals surface area contributed by atoms with Crippen LogP contribution in [0.15, 0.2) is 6.07 Å². The number of ether oxygens (including phenoxy) is 3. The zero-order chi connectivity index (χ0) is 30.6. The van der Waals surface area contributed by atoms with E-state index in [0.717, 1.165) is 5.56 Å². The number of carboxylic acid groups (broad SMARTS) is 1. The quantitative estimate of drug-likeness (QED) is 0.337. The molecule has 0 saturated heterocycles. The molecule has 0 spiro atoms. The SMILES string of the molecule is COc1cc(C(C)(C)C)c2c(c1C)C(=O)OC[C@H](NC(=O)OC(C)(C)C)C(=O)N[C@H](C(=O)O)CSC2O[Si](C)C. The fourth-order valence-corrected chi connectivity index (χ4v) is 6.40. The number of hydrogen-bond acceptors (Lipinski definition) is 9. The van der Waals surface area contributed by atoms with Crippen LogP contribution in [0.1, 0.15) is 74.0 Å². The van der Waals surface area contributed by atoms with E-state index in [1.165, 1.54) is 18.9 Å². The predicted molar refractivity (Wildman–Crippen MR) is 153 cm³/mol. The minimum Gasteiger partial charge on any atom is -0.496 e. The summed E-state index contributed by atoms with van der Waals surface area (Å²) in [5, 5.41) is 14.8. The molecule has 1 aliphatic heterocycles. The van der Waals surface area contributed by atoms with Gasteiger partial charge in [0, 0.05) is 16.9 Å². The van der Waals surface area contributed by atoms with E-state index in [-0.39, 0.29) is 11.3 Å². The normalized spacial score (nSPS) is 20.8. The Bertz CT molecular complexity index is 1130. The third-order valence-corrected chi connectivity index (χ3v) is 7.85. The number of thioether (sulfide) groups is 1. The van der Waals surface area contributed by atoms with Crippen molar-refractivity contribution in [3.8, 4) is 5.75 Å². The van der Waals surface area contributed by atoms with Crippen LogP contribution in [-0.2, 0) is 28.9 Å². The summed E-state index contributed by atoms with van der Waals surface area (Å²) in [6, 6.07) is -0.854. The Kier molecular flexibility index (Phi) is 11.1. The number of aliphatic carboxylic acids is 1. The molecule has 1 unspecified atom stereocenters. The standard InChI is InChI=1S/C27H41N2O9SSi/c1-14-18(35-8)11-15(26(2,3)4)20-19(14)23(33)36-12-16(29-25(34)37-27(5,6)7)21(30)28-17(22(31)32)13-39-24(20)38-40(9)10/h11,16-17,24H,12-13H2,1-10H3,(H,28,30)(H,29,34)(H,31,32)/t16-,17-,24?/m0/s1. The summed E-state index contributed by atoms with van der Waals surface area (Å²) in [7, 11) is 0.175. The zero-order valence-electron chi connectivity index (χ0n) is 24.8. The van der Waals surface area contributed by atoms with E-state index in [1.807, 2.05) is 39.9 Å². The summed E-state index contributed by atoms with van der Waals surface area (Å²) in [4.78, 5) is 51.5. The molecule has 3 N–H and O–H groups in total. The van der Waals surface area contributed by atoms with Crippen molar-refractivity contribution in [1.29, 1.82) is 0 Å². The predicted octanol–water partition coefficient (Wildman–Crippen LogP) is 3.93. The van der Waals surface area contributed by atoms with Gasteiger partial charge in [-0.3, -0.25) is 4.79 Å². The number of rotatable bonds is 5. The lowest BCUT2D eigenvalue weighted by atomic mass is 9.80. The van der Waals surface area contributed by atoms with Gasteiger partial charge < -0.3 is 34.4 Å². The highest BCUT2D eigenvalue weighted by Crippen LogP contribution is 2.44. The molecule has 1 aromatic rings. The van der Waals surface area contributed by atoms with Gasteiger partial charge in [0.25, 0.3) is 0 Å². The van der Waals surface area contributed by atoms with Crippen LogP contribution in [0.4, 0.5) is 4.79 Å². The molecule has 3 atom stereocenters. The van der Waals surface area contributed by atoms with Crippen molar-refractivity contribution in [2.24, 2.45) is 0 Å². The van der Waals surface area contributed by atoms with E-state index in [9.17, 15) is 24.3 Å². The van der Waals surface area contributed by atoms with E-state index >= 15 is 0 Å². The number of carbonyl (C=O) groups is 4. The molecule has 40 heavy (non-hydrogen) atoms. The van der Waals surface area contributed by atoms with Crippen molar-refractivity contribution in [1.82, 2.24) is 10.6 Å². The van der Waals surface area contributed by atoms with Crippen molar-refractivity contribution < 1.29 is 42.9 Å². The van der Waals surface area contributed by atoms with Crippen LogP contribution in [0, 0.1) is 6.92 Å². The fourth-order valence-electron chi connectivity index (χ4n) is 4.00. The van der Waals surface area contributed by atoms with Gasteiger partial charge in [0.05, 0.1) is 12.7 Å². The number of benzene rings is 1. The van der Waals surface area contributed by atoms with Gasteiger partial charge in [-0.2, -0.15) is 0 Å². The number of carboxylic acids is 1. The maximum Gasteiger partial charge on any atom is 0.408 e. The molecule has 0 aromatic heterocycles. The number of esters is 1. The number of carbonyl (C=O) groups excluding carboxylic acids is 3. The van der Waals surface area contributed by atoms with Crippen LogP contribution in [0.2, 0.25) is 13.1 Å². The first-order valence-corrected chi connectivity index (χ1v) is 16.3. The monoisotopic (exact) mass is 597 g/mol. The maximum absolute atomic E-state index is 13.8. The Hall–Kier alpha value is -2.77. The number of alkyl carbamates (subject to hydrolysis) is 1. The van der Waals surface area contributed by atoms with Crippen molar-refractivity contribution in [3.63, 3.8) is 0 Å². The third-order valence-electron chi connectivity index (χ3n) is 5.81. The number of cyclic esters (lactones) is 1. The van der Waals surface area contributed by atoms with Crippen LogP contribution >= 0.6 is 11.8 Å². The molecule has 1 radical (unpaired) electrons. The van der Waals surface area contributed by atoms with Crippen molar-refractivity contribution in [2.75, 3.05) is 19.5 Å². The van der Waals surface area contributed by atoms with Gasteiger partial charge in [-0.05, 0) is 57.8 Å². The van der Waals surface area contributed by atoms with Gasteiger partial charge in [0.1, 0.15) is 35.5 Å². The van der Waals surface area contributed by atoms with Gasteiger partial charge in [-0.25, -0.2) is 14.4 Å². The average Bonchev–Trinajstić information content (AvgIpc) is 2.79. The number of nitrogens with one attached hydrogen (secondary N) is 2. The zero-order valence-corrected chi connectivity index (χ0v) is 26.7. The minimum atomic E-state index is -1.41. The van der Waals surface area contributed by atoms with Gasteiger partial charge in [-0.15, -0.1) is 11.8 Å². The van der Waals surface area contributed by atoms with E-state index in [4.69, 9.17) is 18.6 Å². The van der Waals surface area contributed by atoms with E-state index in [1.54, 1.807) is 27.7 Å². The average molecular weight is 598 g/mol. The summed E-state index contributed by atoms with van der Waals surface area (Å²) in [6.45, 7) is 16.0. The molecule has 2 amide bonds. The molecular weight excluding hydrogens is 556 g/mol. The largest absolute Gasteiger partial charge is 0.496 e. The Morgan fingerprint density at radius 3 is 2.30 bits per heavy atom. The molecule has 13 heteroatoms. The van der Waals surface area contributed by atoms with Crippen LogP contribution in [0.5, 0.6) is 5.75 Å². The second kappa shape index (κ2) is 13.3. The molecule has 0 saturated carbocycles. The number of fused-ring (bicyclic) bond motifs is 1. The fraction of sp³-hybridized carbons (Fsp3) is 0.630. The molecule has 0 fully saturated rings. The van der Waals surface area contributed by atoms with Crippen molar-refractivity contribution in [3.05, 3.63) is 28.3 Å². The van der Waals surface area contributed by atoms with Crippen LogP contribution in [-0.4, -0.2) is 75.2 Å².